The molecule has 1 unspecified atom stereocenters. The second-order valence-corrected chi connectivity index (χ2v) is 8.58. The van der Waals surface area contributed by atoms with Crippen molar-refractivity contribution in [3.63, 3.8) is 0 Å². The van der Waals surface area contributed by atoms with Gasteiger partial charge in [-0.25, -0.2) is 4.98 Å². The summed E-state index contributed by atoms with van der Waals surface area (Å²) in [4.78, 5) is 56.0. The van der Waals surface area contributed by atoms with Gasteiger partial charge in [0, 0.05) is 30.9 Å². The summed E-state index contributed by atoms with van der Waals surface area (Å²) in [5, 5.41) is 9.62. The van der Waals surface area contributed by atoms with Crippen LogP contribution in [0.3, 0.4) is 0 Å². The Morgan fingerprint density at radius 1 is 1.13 bits per heavy atom. The van der Waals surface area contributed by atoms with Crippen molar-refractivity contribution in [1.29, 1.82) is 0 Å². The van der Waals surface area contributed by atoms with Gasteiger partial charge in [-0.1, -0.05) is 6.07 Å². The number of rotatable bonds is 4. The monoisotopic (exact) mass is 425 g/mol. The highest BCUT2D eigenvalue weighted by Gasteiger charge is 2.44. The van der Waals surface area contributed by atoms with E-state index >= 15 is 0 Å². The molecule has 30 heavy (non-hydrogen) atoms. The molecule has 0 aliphatic carbocycles. The lowest BCUT2D eigenvalue weighted by Gasteiger charge is -2.27. The van der Waals surface area contributed by atoms with Gasteiger partial charge in [0.15, 0.2) is 5.13 Å². The number of benzene rings is 1. The largest absolute Gasteiger partial charge is 0.357 e. The highest BCUT2D eigenvalue weighted by molar-refractivity contribution is 7.15. The number of thiazole rings is 1. The number of hydrogen-bond donors (Lipinski definition) is 3. The summed E-state index contributed by atoms with van der Waals surface area (Å²) in [6.45, 7) is 2.20. The second kappa shape index (κ2) is 7.29. The zero-order chi connectivity index (χ0) is 20.8. The van der Waals surface area contributed by atoms with Crippen LogP contribution in [0.15, 0.2) is 18.2 Å². The Morgan fingerprint density at radius 3 is 2.77 bits per heavy atom. The Balaban J connectivity index is 1.32. The molecule has 0 radical (unpaired) electrons. The summed E-state index contributed by atoms with van der Waals surface area (Å²) in [6, 6.07) is 4.14. The molecule has 1 atom stereocenters. The number of hydrogen-bond acceptors (Lipinski definition) is 8. The van der Waals surface area contributed by atoms with Crippen LogP contribution in [-0.4, -0.2) is 46.1 Å². The number of nitrogens with zero attached hydrogens (tertiary/aromatic N) is 2. The minimum Gasteiger partial charge on any atom is -0.357 e. The Labute approximate surface area is 175 Å². The van der Waals surface area contributed by atoms with Gasteiger partial charge in [0.05, 0.1) is 16.8 Å². The second-order valence-electron chi connectivity index (χ2n) is 7.50. The molecular formula is C20H19N5O4S. The molecule has 4 heterocycles. The first-order valence-electron chi connectivity index (χ1n) is 9.79. The predicted octanol–water partition coefficient (Wildman–Crippen LogP) is 0.802. The molecule has 3 N–H and O–H groups in total. The fourth-order valence-corrected chi connectivity index (χ4v) is 4.98. The third-order valence-electron chi connectivity index (χ3n) is 5.55. The van der Waals surface area contributed by atoms with Crippen molar-refractivity contribution < 1.29 is 19.2 Å². The van der Waals surface area contributed by atoms with Gasteiger partial charge in [-0.3, -0.25) is 29.4 Å². The van der Waals surface area contributed by atoms with Gasteiger partial charge in [-0.15, -0.1) is 11.3 Å². The van der Waals surface area contributed by atoms with Crippen LogP contribution < -0.4 is 16.0 Å². The van der Waals surface area contributed by atoms with Gasteiger partial charge in [0.1, 0.15) is 6.04 Å². The summed E-state index contributed by atoms with van der Waals surface area (Å²) in [6.07, 6.45) is 1.22. The average molecular weight is 425 g/mol. The molecular weight excluding hydrogens is 406 g/mol. The number of aromatic nitrogens is 1. The molecule has 1 aromatic carbocycles. The van der Waals surface area contributed by atoms with Crippen molar-refractivity contribution in [2.24, 2.45) is 0 Å². The lowest BCUT2D eigenvalue weighted by atomic mass is 10.0. The van der Waals surface area contributed by atoms with E-state index in [-0.39, 0.29) is 29.9 Å². The molecule has 1 saturated heterocycles. The summed E-state index contributed by atoms with van der Waals surface area (Å²) in [5.74, 6) is -1.99. The number of imide groups is 2. The SMILES string of the molecule is O=C1CCC(N2C(=O)c3ccc(CNc4nc5c(s4)CCNC5)cc3C2=O)C(=O)N1. The Kier molecular flexibility index (Phi) is 4.59. The van der Waals surface area contributed by atoms with Crippen LogP contribution in [0.25, 0.3) is 0 Å². The van der Waals surface area contributed by atoms with E-state index in [1.807, 2.05) is 0 Å². The van der Waals surface area contributed by atoms with Gasteiger partial charge in [-0.05, 0) is 30.5 Å². The zero-order valence-electron chi connectivity index (χ0n) is 16.0. The standard InChI is InChI=1S/C20H19N5O4S/c26-16-4-3-14(17(27)24-16)25-18(28)11-2-1-10(7-12(11)19(25)29)8-22-20-23-13-9-21-6-5-15(13)30-20/h1-2,7,14,21H,3-6,8-9H2,(H,22,23)(H,24,26,27). The number of carbonyl (C=O) groups is 4. The van der Waals surface area contributed by atoms with Crippen molar-refractivity contribution in [3.05, 3.63) is 45.5 Å². The molecule has 1 fully saturated rings. The van der Waals surface area contributed by atoms with Crippen LogP contribution in [0.5, 0.6) is 0 Å². The topological polar surface area (TPSA) is 120 Å². The quantitative estimate of drug-likeness (QED) is 0.620. The maximum Gasteiger partial charge on any atom is 0.262 e. The minimum atomic E-state index is -0.952. The Hall–Kier alpha value is -3.11. The van der Waals surface area contributed by atoms with Crippen LogP contribution in [0.1, 0.15) is 49.7 Å². The molecule has 0 spiro atoms. The van der Waals surface area contributed by atoms with E-state index in [2.05, 4.69) is 20.9 Å². The average Bonchev–Trinajstić information content (AvgIpc) is 3.26. The van der Waals surface area contributed by atoms with Crippen molar-refractivity contribution in [1.82, 2.24) is 20.5 Å². The van der Waals surface area contributed by atoms with E-state index in [0.29, 0.717) is 6.54 Å². The van der Waals surface area contributed by atoms with Gasteiger partial charge < -0.3 is 10.6 Å². The predicted molar refractivity (Wildman–Crippen MR) is 108 cm³/mol. The summed E-state index contributed by atoms with van der Waals surface area (Å²) in [5.41, 5.74) is 2.48. The number of fused-ring (bicyclic) bond motifs is 2. The number of anilines is 1. The van der Waals surface area contributed by atoms with Crippen LogP contribution in [0, 0.1) is 0 Å². The van der Waals surface area contributed by atoms with E-state index < -0.39 is 23.8 Å². The highest BCUT2D eigenvalue weighted by Crippen LogP contribution is 2.29. The third-order valence-corrected chi connectivity index (χ3v) is 6.66. The summed E-state index contributed by atoms with van der Waals surface area (Å²) in [7, 11) is 0. The van der Waals surface area contributed by atoms with Gasteiger partial charge >= 0.3 is 0 Å². The molecule has 2 aromatic rings. The third kappa shape index (κ3) is 3.17. The van der Waals surface area contributed by atoms with Crippen molar-refractivity contribution >= 4 is 40.1 Å². The van der Waals surface area contributed by atoms with Gasteiger partial charge in [-0.2, -0.15) is 0 Å². The fourth-order valence-electron chi connectivity index (χ4n) is 4.01. The lowest BCUT2D eigenvalue weighted by molar-refractivity contribution is -0.136. The maximum absolute atomic E-state index is 12.9. The van der Waals surface area contributed by atoms with Crippen LogP contribution in [-0.2, 0) is 29.1 Å². The van der Waals surface area contributed by atoms with E-state index in [1.54, 1.807) is 29.5 Å². The zero-order valence-corrected chi connectivity index (χ0v) is 16.8. The first-order chi connectivity index (χ1) is 14.5. The van der Waals surface area contributed by atoms with Gasteiger partial charge in [0.25, 0.3) is 11.8 Å². The van der Waals surface area contributed by atoms with E-state index in [9.17, 15) is 19.2 Å². The number of piperidine rings is 1. The van der Waals surface area contributed by atoms with Crippen molar-refractivity contribution in [2.45, 2.75) is 38.4 Å². The highest BCUT2D eigenvalue weighted by atomic mass is 32.1. The van der Waals surface area contributed by atoms with E-state index in [1.165, 1.54) is 4.88 Å². The smallest absolute Gasteiger partial charge is 0.262 e. The van der Waals surface area contributed by atoms with E-state index in [4.69, 9.17) is 0 Å². The molecule has 1 aromatic heterocycles. The molecule has 4 amide bonds. The van der Waals surface area contributed by atoms with Crippen LogP contribution in [0.4, 0.5) is 5.13 Å². The van der Waals surface area contributed by atoms with Crippen molar-refractivity contribution in [3.8, 4) is 0 Å². The molecule has 0 bridgehead atoms. The maximum atomic E-state index is 12.9. The molecule has 0 saturated carbocycles. The molecule has 154 valence electrons. The number of carbonyl (C=O) groups excluding carboxylic acids is 4. The summed E-state index contributed by atoms with van der Waals surface area (Å²) < 4.78 is 0. The van der Waals surface area contributed by atoms with Gasteiger partial charge in [0.2, 0.25) is 11.8 Å². The van der Waals surface area contributed by atoms with E-state index in [0.717, 1.165) is 40.8 Å². The van der Waals surface area contributed by atoms with Crippen molar-refractivity contribution in [2.75, 3.05) is 11.9 Å². The Morgan fingerprint density at radius 2 is 1.97 bits per heavy atom. The molecule has 9 nitrogen and oxygen atoms in total. The molecule has 3 aliphatic heterocycles. The minimum absolute atomic E-state index is 0.103. The summed E-state index contributed by atoms with van der Waals surface area (Å²) >= 11 is 1.64. The normalized spacial score (nSPS) is 20.8. The van der Waals surface area contributed by atoms with Crippen LogP contribution >= 0.6 is 11.3 Å². The fraction of sp³-hybridized carbons (Fsp3) is 0.350. The van der Waals surface area contributed by atoms with Crippen LogP contribution in [0.2, 0.25) is 0 Å². The Bertz CT molecular complexity index is 1070. The lowest BCUT2D eigenvalue weighted by Crippen LogP contribution is -2.54. The number of amides is 4. The molecule has 10 heteroatoms. The molecule has 5 rings (SSSR count). The first kappa shape index (κ1) is 18.9. The molecule has 3 aliphatic rings. The number of nitrogens with one attached hydrogen (secondary N) is 3. The first-order valence-corrected chi connectivity index (χ1v) is 10.6.